The molecule has 0 atom stereocenters. The summed E-state index contributed by atoms with van der Waals surface area (Å²) in [7, 11) is 1.64. The van der Waals surface area contributed by atoms with E-state index in [1.165, 1.54) is 0 Å². The summed E-state index contributed by atoms with van der Waals surface area (Å²) in [5.41, 5.74) is 0.721. The number of halogens is 1. The Hall–Kier alpha value is -2.05. The molecular weight excluding hydrogens is 316 g/mol. The minimum atomic E-state index is -0.312. The zero-order chi connectivity index (χ0) is 16.3. The lowest BCUT2D eigenvalue weighted by atomic mass is 10.1. The summed E-state index contributed by atoms with van der Waals surface area (Å²) in [5, 5.41) is 10.7. The number of amides is 2. The van der Waals surface area contributed by atoms with Crippen LogP contribution in [0.3, 0.4) is 0 Å². The van der Waals surface area contributed by atoms with Crippen LogP contribution in [0.2, 0.25) is 5.02 Å². The van der Waals surface area contributed by atoms with Crippen molar-refractivity contribution < 1.29 is 9.53 Å². The summed E-state index contributed by atoms with van der Waals surface area (Å²) in [6.07, 6.45) is 3.62. The zero-order valence-electron chi connectivity index (χ0n) is 12.9. The third-order valence-electron chi connectivity index (χ3n) is 3.89. The second kappa shape index (κ2) is 6.60. The van der Waals surface area contributed by atoms with E-state index in [0.29, 0.717) is 24.0 Å². The van der Waals surface area contributed by atoms with Gasteiger partial charge >= 0.3 is 6.03 Å². The van der Waals surface area contributed by atoms with Crippen LogP contribution in [0.15, 0.2) is 36.5 Å². The molecule has 1 heterocycles. The fourth-order valence-electron chi connectivity index (χ4n) is 2.50. The monoisotopic (exact) mass is 334 g/mol. The summed E-state index contributed by atoms with van der Waals surface area (Å²) in [4.78, 5) is 12.2. The first-order valence-electron chi connectivity index (χ1n) is 7.49. The van der Waals surface area contributed by atoms with Crippen molar-refractivity contribution in [3.63, 3.8) is 0 Å². The first kappa shape index (κ1) is 15.8. The minimum Gasteiger partial charge on any atom is -0.383 e. The lowest BCUT2D eigenvalue weighted by Crippen LogP contribution is -2.38. The van der Waals surface area contributed by atoms with Crippen LogP contribution in [-0.4, -0.2) is 29.5 Å². The predicted molar refractivity (Wildman–Crippen MR) is 88.6 cm³/mol. The lowest BCUT2D eigenvalue weighted by Gasteiger charge is -2.18. The van der Waals surface area contributed by atoms with Gasteiger partial charge < -0.3 is 10.1 Å². The molecule has 0 radical (unpaired) electrons. The van der Waals surface area contributed by atoms with Crippen molar-refractivity contribution in [2.75, 3.05) is 19.0 Å². The molecule has 1 aromatic carbocycles. The van der Waals surface area contributed by atoms with Gasteiger partial charge in [-0.15, -0.1) is 0 Å². The molecular formula is C16H19ClN4O2. The van der Waals surface area contributed by atoms with E-state index in [0.717, 1.165) is 18.4 Å². The molecule has 2 N–H and O–H groups in total. The summed E-state index contributed by atoms with van der Waals surface area (Å²) in [5.74, 6) is 0.514. The maximum absolute atomic E-state index is 12.2. The van der Waals surface area contributed by atoms with Crippen LogP contribution in [-0.2, 0) is 16.8 Å². The number of urea groups is 1. The molecule has 0 saturated heterocycles. The van der Waals surface area contributed by atoms with Crippen LogP contribution >= 0.6 is 11.6 Å². The molecule has 1 aliphatic carbocycles. The fourth-order valence-corrected chi connectivity index (χ4v) is 2.69. The number of carbonyl (C=O) groups excluding carboxylic acids is 1. The zero-order valence-corrected chi connectivity index (χ0v) is 13.6. The third-order valence-corrected chi connectivity index (χ3v) is 4.12. The number of nitrogens with zero attached hydrogens (tertiary/aromatic N) is 2. The number of benzene rings is 1. The number of nitrogens with one attached hydrogen (secondary N) is 2. The summed E-state index contributed by atoms with van der Waals surface area (Å²) in [6.45, 7) is 1.22. The smallest absolute Gasteiger partial charge is 0.321 e. The molecule has 23 heavy (non-hydrogen) atoms. The van der Waals surface area contributed by atoms with Gasteiger partial charge in [-0.25, -0.2) is 4.79 Å². The Morgan fingerprint density at radius 2 is 2.26 bits per heavy atom. The molecule has 1 fully saturated rings. The van der Waals surface area contributed by atoms with E-state index in [9.17, 15) is 4.79 Å². The van der Waals surface area contributed by atoms with Crippen molar-refractivity contribution in [2.24, 2.45) is 0 Å². The van der Waals surface area contributed by atoms with Gasteiger partial charge in [0, 0.05) is 24.4 Å². The molecule has 0 spiro atoms. The highest BCUT2D eigenvalue weighted by Gasteiger charge is 2.45. The molecule has 3 rings (SSSR count). The number of hydrogen-bond acceptors (Lipinski definition) is 3. The van der Waals surface area contributed by atoms with Crippen LogP contribution in [0.1, 0.15) is 18.4 Å². The first-order chi connectivity index (χ1) is 11.1. The quantitative estimate of drug-likeness (QED) is 0.853. The highest BCUT2D eigenvalue weighted by atomic mass is 35.5. The van der Waals surface area contributed by atoms with Crippen LogP contribution in [0, 0.1) is 0 Å². The van der Waals surface area contributed by atoms with E-state index >= 15 is 0 Å². The van der Waals surface area contributed by atoms with Crippen LogP contribution in [0.4, 0.5) is 10.6 Å². The molecule has 122 valence electrons. The molecule has 6 nitrogen and oxygen atoms in total. The summed E-state index contributed by atoms with van der Waals surface area (Å²) < 4.78 is 6.72. The maximum atomic E-state index is 12.2. The van der Waals surface area contributed by atoms with Gasteiger partial charge in [-0.2, -0.15) is 5.10 Å². The highest BCUT2D eigenvalue weighted by Crippen LogP contribution is 2.46. The Bertz CT molecular complexity index is 697. The number of rotatable bonds is 6. The second-order valence-electron chi connectivity index (χ2n) is 5.63. The number of aromatic nitrogens is 2. The van der Waals surface area contributed by atoms with Crippen LogP contribution in [0.25, 0.3) is 0 Å². The third kappa shape index (κ3) is 3.83. The van der Waals surface area contributed by atoms with Gasteiger partial charge in [-0.1, -0.05) is 23.7 Å². The van der Waals surface area contributed by atoms with Crippen molar-refractivity contribution in [2.45, 2.75) is 24.9 Å². The Morgan fingerprint density at radius 1 is 1.43 bits per heavy atom. The van der Waals surface area contributed by atoms with Crippen molar-refractivity contribution in [1.29, 1.82) is 0 Å². The van der Waals surface area contributed by atoms with Gasteiger partial charge in [-0.3, -0.25) is 10.00 Å². The van der Waals surface area contributed by atoms with Crippen molar-refractivity contribution >= 4 is 23.4 Å². The lowest BCUT2D eigenvalue weighted by molar-refractivity contribution is 0.183. The van der Waals surface area contributed by atoms with Gasteiger partial charge in [-0.05, 0) is 30.5 Å². The van der Waals surface area contributed by atoms with Gasteiger partial charge in [0.15, 0.2) is 5.82 Å². The van der Waals surface area contributed by atoms with Crippen LogP contribution in [0.5, 0.6) is 0 Å². The van der Waals surface area contributed by atoms with E-state index in [-0.39, 0.29) is 11.6 Å². The number of methoxy groups -OCH3 is 1. The van der Waals surface area contributed by atoms with Gasteiger partial charge in [0.1, 0.15) is 0 Å². The summed E-state index contributed by atoms with van der Waals surface area (Å²) in [6, 6.07) is 9.10. The van der Waals surface area contributed by atoms with E-state index < -0.39 is 0 Å². The van der Waals surface area contributed by atoms with Crippen molar-refractivity contribution in [3.05, 3.63) is 47.1 Å². The maximum Gasteiger partial charge on any atom is 0.321 e. The standard InChI is InChI=1S/C16H19ClN4O2/c1-23-10-9-21-8-5-14(20-21)18-15(22)19-16(6-7-16)12-3-2-4-13(17)11-12/h2-5,8,11H,6-7,9-10H2,1H3,(H2,18,19,20,22). The number of carbonyl (C=O) groups is 1. The Morgan fingerprint density at radius 3 is 2.96 bits per heavy atom. The van der Waals surface area contributed by atoms with E-state index in [2.05, 4.69) is 15.7 Å². The van der Waals surface area contributed by atoms with Gasteiger partial charge in [0.25, 0.3) is 0 Å². The molecule has 0 aliphatic heterocycles. The molecule has 1 aliphatic rings. The van der Waals surface area contributed by atoms with E-state index in [1.54, 1.807) is 24.1 Å². The first-order valence-corrected chi connectivity index (χ1v) is 7.87. The van der Waals surface area contributed by atoms with E-state index in [1.807, 2.05) is 24.3 Å². The SMILES string of the molecule is COCCn1ccc(NC(=O)NC2(c3cccc(Cl)c3)CC2)n1. The van der Waals surface area contributed by atoms with Crippen LogP contribution < -0.4 is 10.6 Å². The molecule has 1 saturated carbocycles. The second-order valence-corrected chi connectivity index (χ2v) is 6.06. The number of anilines is 1. The minimum absolute atomic E-state index is 0.264. The molecule has 7 heteroatoms. The Balaban J connectivity index is 1.60. The topological polar surface area (TPSA) is 68.2 Å². The van der Waals surface area contributed by atoms with E-state index in [4.69, 9.17) is 16.3 Å². The molecule has 1 aromatic heterocycles. The Kier molecular flexibility index (Phi) is 4.54. The van der Waals surface area contributed by atoms with Crippen molar-refractivity contribution in [3.8, 4) is 0 Å². The summed E-state index contributed by atoms with van der Waals surface area (Å²) >= 11 is 6.04. The van der Waals surface area contributed by atoms with Gasteiger partial charge in [0.05, 0.1) is 18.7 Å². The molecule has 0 unspecified atom stereocenters. The predicted octanol–water partition coefficient (Wildman–Crippen LogP) is 2.99. The average Bonchev–Trinajstić information content (AvgIpc) is 3.17. The Labute approximate surface area is 139 Å². The molecule has 2 aromatic rings. The largest absolute Gasteiger partial charge is 0.383 e. The highest BCUT2D eigenvalue weighted by molar-refractivity contribution is 6.30. The van der Waals surface area contributed by atoms with Crippen molar-refractivity contribution in [1.82, 2.24) is 15.1 Å². The fraction of sp³-hybridized carbons (Fsp3) is 0.375. The molecule has 2 amide bonds. The number of ether oxygens (including phenoxy) is 1. The molecule has 0 bridgehead atoms. The number of hydrogen-bond donors (Lipinski definition) is 2. The normalized spacial score (nSPS) is 15.2. The van der Waals surface area contributed by atoms with Gasteiger partial charge in [0.2, 0.25) is 0 Å². The average molecular weight is 335 g/mol.